The molecule has 3 atom stereocenters. The van der Waals surface area contributed by atoms with Gasteiger partial charge in [-0.05, 0) is 56.0 Å². The van der Waals surface area contributed by atoms with Crippen LogP contribution in [-0.2, 0) is 21.5 Å². The largest absolute Gasteiger partial charge is 0.346 e. The number of fused-ring (bicyclic) bond motifs is 3. The Labute approximate surface area is 183 Å². The van der Waals surface area contributed by atoms with Crippen molar-refractivity contribution in [2.45, 2.75) is 51.4 Å². The van der Waals surface area contributed by atoms with Gasteiger partial charge in [0.05, 0.1) is 24.2 Å². The minimum atomic E-state index is -0.590. The van der Waals surface area contributed by atoms with Crippen LogP contribution in [0.15, 0.2) is 66.4 Å². The van der Waals surface area contributed by atoms with Crippen molar-refractivity contribution in [3.8, 4) is 5.69 Å². The molecule has 1 saturated heterocycles. The molecule has 3 aliphatic rings. The Balaban J connectivity index is 1.37. The number of nitrogens with zero attached hydrogens (tertiary/aromatic N) is 2. The molecule has 0 radical (unpaired) electrons. The fourth-order valence-corrected chi connectivity index (χ4v) is 5.70. The van der Waals surface area contributed by atoms with Crippen molar-refractivity contribution < 1.29 is 9.47 Å². The van der Waals surface area contributed by atoms with Gasteiger partial charge in [-0.25, -0.2) is 4.68 Å². The van der Waals surface area contributed by atoms with Gasteiger partial charge < -0.3 is 9.47 Å². The standard InChI is InChI=1S/C27H28N2O2/c1-19-9-11-23(12-10-19)29-24-15-22-13-14-27(25(22,2)16-20(24)17-28-29)30-18-26(3,31-27)21-7-5-4-6-8-21/h4-12,15,17H,13-14,16,18H2,1-3H3/t25-,26+,27+/m0/s1. The van der Waals surface area contributed by atoms with Crippen molar-refractivity contribution in [2.24, 2.45) is 5.41 Å². The second kappa shape index (κ2) is 6.41. The lowest BCUT2D eigenvalue weighted by Crippen LogP contribution is -2.47. The number of aromatic nitrogens is 2. The van der Waals surface area contributed by atoms with E-state index in [0.717, 1.165) is 24.9 Å². The first-order valence-electron chi connectivity index (χ1n) is 11.2. The summed E-state index contributed by atoms with van der Waals surface area (Å²) >= 11 is 0. The van der Waals surface area contributed by atoms with E-state index in [0.29, 0.717) is 6.61 Å². The van der Waals surface area contributed by atoms with Crippen molar-refractivity contribution in [3.05, 3.63) is 88.8 Å². The summed E-state index contributed by atoms with van der Waals surface area (Å²) in [5.74, 6) is -0.590. The van der Waals surface area contributed by atoms with Crippen LogP contribution in [0.3, 0.4) is 0 Å². The first kappa shape index (κ1) is 19.0. The molecule has 2 heterocycles. The maximum Gasteiger partial charge on any atom is 0.179 e. The summed E-state index contributed by atoms with van der Waals surface area (Å²) < 4.78 is 15.5. The molecule has 1 spiro atoms. The Kier molecular flexibility index (Phi) is 3.93. The van der Waals surface area contributed by atoms with Crippen molar-refractivity contribution in [3.63, 3.8) is 0 Å². The summed E-state index contributed by atoms with van der Waals surface area (Å²) in [6, 6.07) is 19.0. The summed E-state index contributed by atoms with van der Waals surface area (Å²) in [6.07, 6.45) is 7.11. The summed E-state index contributed by atoms with van der Waals surface area (Å²) in [7, 11) is 0. The Bertz CT molecular complexity index is 1180. The fraction of sp³-hybridized carbons (Fsp3) is 0.370. The highest BCUT2D eigenvalue weighted by Gasteiger charge is 2.64. The third-order valence-corrected chi connectivity index (χ3v) is 7.65. The first-order chi connectivity index (χ1) is 14.9. The smallest absolute Gasteiger partial charge is 0.179 e. The van der Waals surface area contributed by atoms with E-state index in [2.05, 4.69) is 80.1 Å². The topological polar surface area (TPSA) is 36.3 Å². The number of rotatable bonds is 2. The molecule has 0 N–H and O–H groups in total. The third-order valence-electron chi connectivity index (χ3n) is 7.65. The number of aryl methyl sites for hydroxylation is 1. The molecule has 3 aromatic rings. The molecule has 31 heavy (non-hydrogen) atoms. The molecule has 0 unspecified atom stereocenters. The molecular formula is C27H28N2O2. The van der Waals surface area contributed by atoms with Crippen LogP contribution in [0.1, 0.15) is 49.1 Å². The van der Waals surface area contributed by atoms with E-state index < -0.39 is 11.4 Å². The van der Waals surface area contributed by atoms with Crippen molar-refractivity contribution in [1.29, 1.82) is 0 Å². The normalized spacial score (nSPS) is 31.5. The number of benzene rings is 2. The van der Waals surface area contributed by atoms with Crippen molar-refractivity contribution in [2.75, 3.05) is 6.61 Å². The van der Waals surface area contributed by atoms with Crippen LogP contribution in [0.5, 0.6) is 0 Å². The number of hydrogen-bond donors (Lipinski definition) is 0. The second-order valence-electron chi connectivity index (χ2n) is 9.72. The Morgan fingerprint density at radius 3 is 2.55 bits per heavy atom. The molecule has 0 amide bonds. The van der Waals surface area contributed by atoms with E-state index >= 15 is 0 Å². The molecule has 0 bridgehead atoms. The lowest BCUT2D eigenvalue weighted by Gasteiger charge is -2.42. The second-order valence-corrected chi connectivity index (χ2v) is 9.72. The monoisotopic (exact) mass is 412 g/mol. The van der Waals surface area contributed by atoms with Gasteiger partial charge in [-0.15, -0.1) is 0 Å². The highest BCUT2D eigenvalue weighted by atomic mass is 16.8. The van der Waals surface area contributed by atoms with Crippen LogP contribution in [0.25, 0.3) is 11.8 Å². The van der Waals surface area contributed by atoms with Gasteiger partial charge in [0.2, 0.25) is 0 Å². The Morgan fingerprint density at radius 2 is 1.77 bits per heavy atom. The lowest BCUT2D eigenvalue weighted by atomic mass is 9.72. The average Bonchev–Trinajstić information content (AvgIpc) is 3.43. The highest BCUT2D eigenvalue weighted by molar-refractivity contribution is 5.62. The van der Waals surface area contributed by atoms with Gasteiger partial charge in [-0.3, -0.25) is 0 Å². The zero-order chi connectivity index (χ0) is 21.3. The zero-order valence-electron chi connectivity index (χ0n) is 18.4. The number of hydrogen-bond acceptors (Lipinski definition) is 3. The Hall–Kier alpha value is -2.69. The summed E-state index contributed by atoms with van der Waals surface area (Å²) in [5, 5.41) is 4.74. The van der Waals surface area contributed by atoms with Crippen molar-refractivity contribution in [1.82, 2.24) is 9.78 Å². The van der Waals surface area contributed by atoms with Gasteiger partial charge in [0.15, 0.2) is 5.79 Å². The molecule has 2 fully saturated rings. The molecule has 1 aliphatic heterocycles. The predicted molar refractivity (Wildman–Crippen MR) is 121 cm³/mol. The predicted octanol–water partition coefficient (Wildman–Crippen LogP) is 5.58. The average molecular weight is 413 g/mol. The first-order valence-corrected chi connectivity index (χ1v) is 11.2. The van der Waals surface area contributed by atoms with Gasteiger partial charge in [-0.1, -0.05) is 60.5 Å². The van der Waals surface area contributed by atoms with E-state index in [4.69, 9.17) is 14.6 Å². The van der Waals surface area contributed by atoms with E-state index in [-0.39, 0.29) is 5.41 Å². The van der Waals surface area contributed by atoms with Crippen LogP contribution >= 0.6 is 0 Å². The molecule has 2 aromatic carbocycles. The van der Waals surface area contributed by atoms with Gasteiger partial charge in [-0.2, -0.15) is 5.10 Å². The van der Waals surface area contributed by atoms with Crippen LogP contribution in [0, 0.1) is 12.3 Å². The lowest BCUT2D eigenvalue weighted by molar-refractivity contribution is -0.233. The maximum atomic E-state index is 6.89. The summed E-state index contributed by atoms with van der Waals surface area (Å²) in [6.45, 7) is 7.16. The molecule has 1 saturated carbocycles. The zero-order valence-corrected chi connectivity index (χ0v) is 18.4. The van der Waals surface area contributed by atoms with Crippen LogP contribution in [0.2, 0.25) is 0 Å². The summed E-state index contributed by atoms with van der Waals surface area (Å²) in [5.41, 5.74) is 6.78. The van der Waals surface area contributed by atoms with Gasteiger partial charge in [0.1, 0.15) is 5.60 Å². The van der Waals surface area contributed by atoms with Crippen molar-refractivity contribution >= 4 is 6.08 Å². The quantitative estimate of drug-likeness (QED) is 0.551. The minimum absolute atomic E-state index is 0.187. The number of ether oxygens (including phenoxy) is 2. The molecule has 4 heteroatoms. The van der Waals surface area contributed by atoms with Gasteiger partial charge in [0.25, 0.3) is 0 Å². The molecule has 4 nitrogen and oxygen atoms in total. The Morgan fingerprint density at radius 1 is 1.00 bits per heavy atom. The molecule has 2 aliphatic carbocycles. The van der Waals surface area contributed by atoms with Crippen LogP contribution in [0.4, 0.5) is 0 Å². The fourth-order valence-electron chi connectivity index (χ4n) is 5.70. The van der Waals surface area contributed by atoms with E-state index in [1.54, 1.807) is 0 Å². The maximum absolute atomic E-state index is 6.89. The third kappa shape index (κ3) is 2.65. The molecule has 6 rings (SSSR count). The van der Waals surface area contributed by atoms with Gasteiger partial charge >= 0.3 is 0 Å². The minimum Gasteiger partial charge on any atom is -0.346 e. The van der Waals surface area contributed by atoms with Crippen LogP contribution in [-0.4, -0.2) is 22.2 Å². The van der Waals surface area contributed by atoms with Crippen LogP contribution < -0.4 is 0 Å². The summed E-state index contributed by atoms with van der Waals surface area (Å²) in [4.78, 5) is 0. The molecule has 158 valence electrons. The molecular weight excluding hydrogens is 384 g/mol. The SMILES string of the molecule is Cc1ccc(-n2ncc3c2C=C2CC[C@]4(OC[C@](C)(c5ccccc5)O4)[C@@]2(C)C3)cc1. The van der Waals surface area contributed by atoms with E-state index in [9.17, 15) is 0 Å². The van der Waals surface area contributed by atoms with E-state index in [1.807, 2.05) is 12.3 Å². The van der Waals surface area contributed by atoms with E-state index in [1.165, 1.54) is 28.0 Å². The molecule has 1 aromatic heterocycles. The highest BCUT2D eigenvalue weighted by Crippen LogP contribution is 2.61. The van der Waals surface area contributed by atoms with Gasteiger partial charge in [0, 0.05) is 11.8 Å².